The van der Waals surface area contributed by atoms with Gasteiger partial charge in [0.2, 0.25) is 0 Å². The molecule has 1 N–H and O–H groups in total. The molecule has 0 amide bonds. The maximum absolute atomic E-state index is 12.0. The highest BCUT2D eigenvalue weighted by Crippen LogP contribution is 2.23. The lowest BCUT2D eigenvalue weighted by atomic mass is 10.2. The Balaban J connectivity index is 0.00000400. The van der Waals surface area contributed by atoms with Crippen LogP contribution in [0.5, 0.6) is 0 Å². The van der Waals surface area contributed by atoms with Crippen LogP contribution in [-0.2, 0) is 9.84 Å². The van der Waals surface area contributed by atoms with Crippen molar-refractivity contribution in [3.63, 3.8) is 0 Å². The van der Waals surface area contributed by atoms with E-state index in [0.29, 0.717) is 13.1 Å². The molecule has 0 atom stereocenters. The second kappa shape index (κ2) is 8.52. The molecule has 0 unspecified atom stereocenters. The van der Waals surface area contributed by atoms with E-state index >= 15 is 0 Å². The Hall–Kier alpha value is -0.0900. The number of nitrogens with zero attached hydrogens (tertiary/aromatic N) is 3. The second-order valence-electron chi connectivity index (χ2n) is 5.87. The summed E-state index contributed by atoms with van der Waals surface area (Å²) >= 11 is 0. The van der Waals surface area contributed by atoms with Gasteiger partial charge in [-0.05, 0) is 27.4 Å². The monoisotopic (exact) mass is 432 g/mol. The largest absolute Gasteiger partial charge is 0.355 e. The summed E-state index contributed by atoms with van der Waals surface area (Å²) in [5.74, 6) is 0.979. The van der Waals surface area contributed by atoms with Gasteiger partial charge in [0.25, 0.3) is 0 Å². The minimum atomic E-state index is -3.01. The van der Waals surface area contributed by atoms with Crippen LogP contribution < -0.4 is 5.32 Å². The van der Waals surface area contributed by atoms with Crippen LogP contribution in [0.15, 0.2) is 4.99 Å². The first-order valence-electron chi connectivity index (χ1n) is 7.10. The van der Waals surface area contributed by atoms with Crippen molar-refractivity contribution in [2.45, 2.75) is 25.5 Å². The lowest BCUT2D eigenvalue weighted by molar-refractivity contribution is 0.337. The summed E-state index contributed by atoms with van der Waals surface area (Å²) in [6.45, 7) is 9.43. The third-order valence-electron chi connectivity index (χ3n) is 3.87. The summed E-state index contributed by atoms with van der Waals surface area (Å²) < 4.78 is 23.3. The molecule has 0 aromatic rings. The van der Waals surface area contributed by atoms with Crippen LogP contribution in [0.4, 0.5) is 0 Å². The van der Waals surface area contributed by atoms with Crippen LogP contribution in [0.3, 0.4) is 0 Å². The molecule has 21 heavy (non-hydrogen) atoms. The minimum Gasteiger partial charge on any atom is -0.355 e. The summed E-state index contributed by atoms with van der Waals surface area (Å²) in [5, 5.41) is 3.31. The Kier molecular flexibility index (Phi) is 8.48. The Morgan fingerprint density at radius 1 is 1.43 bits per heavy atom. The average molecular weight is 432 g/mol. The minimum absolute atomic E-state index is 0. The molecule has 0 spiro atoms. The second-order valence-corrected chi connectivity index (χ2v) is 8.61. The fraction of sp³-hybridized carbons (Fsp3) is 0.923. The fourth-order valence-corrected chi connectivity index (χ4v) is 3.54. The number of nitrogens with one attached hydrogen (secondary N) is 1. The topological polar surface area (TPSA) is 65.0 Å². The van der Waals surface area contributed by atoms with E-state index in [4.69, 9.17) is 0 Å². The van der Waals surface area contributed by atoms with Gasteiger partial charge in [0.1, 0.15) is 0 Å². The lowest BCUT2D eigenvalue weighted by Gasteiger charge is -2.39. The predicted octanol–water partition coefficient (Wildman–Crippen LogP) is 0.641. The van der Waals surface area contributed by atoms with Gasteiger partial charge in [-0.1, -0.05) is 6.92 Å². The van der Waals surface area contributed by atoms with Gasteiger partial charge in [0, 0.05) is 33.2 Å². The van der Waals surface area contributed by atoms with Gasteiger partial charge in [0.15, 0.2) is 15.8 Å². The molecule has 1 rings (SSSR count). The normalized spacial score (nSPS) is 21.0. The van der Waals surface area contributed by atoms with E-state index in [0.717, 1.165) is 25.6 Å². The number of hydrogen-bond donors (Lipinski definition) is 1. The first-order valence-corrected chi connectivity index (χ1v) is 8.75. The number of likely N-dealkylation sites (N-methyl/N-ethyl adjacent to an activating group) is 1. The van der Waals surface area contributed by atoms with E-state index in [2.05, 4.69) is 29.2 Å². The van der Waals surface area contributed by atoms with E-state index in [1.807, 2.05) is 4.90 Å². The number of rotatable bonds is 4. The van der Waals surface area contributed by atoms with Crippen molar-refractivity contribution in [1.82, 2.24) is 15.1 Å². The number of hydrogen-bond acceptors (Lipinski definition) is 4. The van der Waals surface area contributed by atoms with Crippen LogP contribution in [0.25, 0.3) is 0 Å². The molecule has 0 aromatic heterocycles. The molecule has 1 saturated heterocycles. The maximum atomic E-state index is 12.0. The Bertz CT molecular complexity index is 451. The molecule has 0 aromatic carbocycles. The van der Waals surface area contributed by atoms with E-state index in [9.17, 15) is 8.42 Å². The van der Waals surface area contributed by atoms with Crippen LogP contribution >= 0.6 is 24.0 Å². The summed E-state index contributed by atoms with van der Waals surface area (Å²) in [4.78, 5) is 8.51. The van der Waals surface area contributed by atoms with Gasteiger partial charge in [0.05, 0.1) is 10.5 Å². The summed E-state index contributed by atoms with van der Waals surface area (Å²) in [6.07, 6.45) is 0. The molecule has 6 nitrogen and oxygen atoms in total. The van der Waals surface area contributed by atoms with Crippen LogP contribution in [0.2, 0.25) is 0 Å². The standard InChI is InChI=1S/C13H28N4O2S.HI/c1-6-16(5)8-7-15-12(14-4)17-9-10-20(18,19)13(2,3)11-17;/h6-11H2,1-5H3,(H,14,15);1H. The van der Waals surface area contributed by atoms with Crippen LogP contribution in [0, 0.1) is 0 Å². The summed E-state index contributed by atoms with van der Waals surface area (Å²) in [5.41, 5.74) is 0. The summed E-state index contributed by atoms with van der Waals surface area (Å²) in [7, 11) is 0.802. The molecule has 8 heteroatoms. The number of guanidine groups is 1. The Labute approximate surface area is 146 Å². The fourth-order valence-electron chi connectivity index (χ4n) is 2.17. The van der Waals surface area contributed by atoms with Crippen molar-refractivity contribution in [3.8, 4) is 0 Å². The van der Waals surface area contributed by atoms with Crippen molar-refractivity contribution in [3.05, 3.63) is 0 Å². The highest BCUT2D eigenvalue weighted by atomic mass is 127. The molecule has 1 aliphatic rings. The zero-order valence-corrected chi connectivity index (χ0v) is 16.9. The number of aliphatic imine (C=N–C) groups is 1. The van der Waals surface area contributed by atoms with Crippen molar-refractivity contribution in [2.75, 3.05) is 52.6 Å². The van der Waals surface area contributed by atoms with Crippen LogP contribution in [0.1, 0.15) is 20.8 Å². The highest BCUT2D eigenvalue weighted by Gasteiger charge is 2.40. The van der Waals surface area contributed by atoms with Crippen molar-refractivity contribution >= 4 is 39.8 Å². The van der Waals surface area contributed by atoms with Crippen LogP contribution in [-0.4, -0.2) is 81.5 Å². The molecule has 0 aliphatic carbocycles. The lowest BCUT2D eigenvalue weighted by Crippen LogP contribution is -2.57. The van der Waals surface area contributed by atoms with E-state index < -0.39 is 14.6 Å². The highest BCUT2D eigenvalue weighted by molar-refractivity contribution is 14.0. The van der Waals surface area contributed by atoms with Gasteiger partial charge < -0.3 is 15.1 Å². The maximum Gasteiger partial charge on any atom is 0.193 e. The Morgan fingerprint density at radius 3 is 2.52 bits per heavy atom. The molecule has 1 fully saturated rings. The van der Waals surface area contributed by atoms with E-state index in [-0.39, 0.29) is 29.7 Å². The SMILES string of the molecule is CCN(C)CCNC(=NC)N1CCS(=O)(=O)C(C)(C)C1.I. The molecule has 126 valence electrons. The smallest absolute Gasteiger partial charge is 0.193 e. The number of halogens is 1. The van der Waals surface area contributed by atoms with E-state index in [1.165, 1.54) is 0 Å². The quantitative estimate of drug-likeness (QED) is 0.402. The molecular weight excluding hydrogens is 403 g/mol. The van der Waals surface area contributed by atoms with Gasteiger partial charge in [-0.2, -0.15) is 0 Å². The van der Waals surface area contributed by atoms with Crippen molar-refractivity contribution in [1.29, 1.82) is 0 Å². The Morgan fingerprint density at radius 2 is 2.05 bits per heavy atom. The first kappa shape index (κ1) is 20.9. The third kappa shape index (κ3) is 5.55. The zero-order valence-electron chi connectivity index (χ0n) is 13.7. The third-order valence-corrected chi connectivity index (χ3v) is 6.40. The van der Waals surface area contributed by atoms with Gasteiger partial charge in [-0.25, -0.2) is 8.42 Å². The van der Waals surface area contributed by atoms with Crippen molar-refractivity contribution in [2.24, 2.45) is 4.99 Å². The molecule has 1 aliphatic heterocycles. The number of sulfone groups is 1. The molecular formula is C13H29IN4O2S. The zero-order chi connectivity index (χ0) is 15.4. The van der Waals surface area contributed by atoms with Gasteiger partial charge >= 0.3 is 0 Å². The average Bonchev–Trinajstić information content (AvgIpc) is 2.38. The molecule has 0 bridgehead atoms. The molecule has 0 saturated carbocycles. The van der Waals surface area contributed by atoms with E-state index in [1.54, 1.807) is 20.9 Å². The summed E-state index contributed by atoms with van der Waals surface area (Å²) in [6, 6.07) is 0. The first-order chi connectivity index (χ1) is 9.23. The molecule has 0 radical (unpaired) electrons. The van der Waals surface area contributed by atoms with Crippen molar-refractivity contribution < 1.29 is 8.42 Å². The van der Waals surface area contributed by atoms with Gasteiger partial charge in [-0.3, -0.25) is 4.99 Å². The van der Waals surface area contributed by atoms with Gasteiger partial charge in [-0.15, -0.1) is 24.0 Å². The predicted molar refractivity (Wildman–Crippen MR) is 99.4 cm³/mol. The molecule has 1 heterocycles.